The molecule has 1 rings (SSSR count). The van der Waals surface area contributed by atoms with Crippen LogP contribution in [0.3, 0.4) is 0 Å². The first kappa shape index (κ1) is 10.5. The van der Waals surface area contributed by atoms with E-state index in [1.807, 2.05) is 0 Å². The minimum atomic E-state index is -3.60. The molecule has 1 atom stereocenters. The van der Waals surface area contributed by atoms with Crippen LogP contribution in [-0.4, -0.2) is 14.3 Å². The maximum absolute atomic E-state index is 11.1. The van der Waals surface area contributed by atoms with Crippen LogP contribution in [0.15, 0.2) is 30.3 Å². The van der Waals surface area contributed by atoms with Gasteiger partial charge in [0.15, 0.2) is 0 Å². The van der Waals surface area contributed by atoms with Crippen LogP contribution in [0.25, 0.3) is 0 Å². The van der Waals surface area contributed by atoms with E-state index < -0.39 is 15.3 Å². The van der Waals surface area contributed by atoms with Gasteiger partial charge in [-0.05, 0) is 5.56 Å². The highest BCUT2D eigenvalue weighted by atomic mass is 35.5. The van der Waals surface area contributed by atoms with Gasteiger partial charge in [-0.15, -0.1) is 11.6 Å². The van der Waals surface area contributed by atoms with Crippen molar-refractivity contribution >= 4 is 21.6 Å². The van der Waals surface area contributed by atoms with Crippen molar-refractivity contribution in [2.24, 2.45) is 5.14 Å². The minimum Gasteiger partial charge on any atom is -0.228 e. The Balaban J connectivity index is 3.06. The monoisotopic (exact) mass is 219 g/mol. The number of hydrogen-bond acceptors (Lipinski definition) is 2. The normalized spacial score (nSPS) is 14.0. The Morgan fingerprint density at radius 2 is 1.85 bits per heavy atom. The Morgan fingerprint density at radius 1 is 1.31 bits per heavy atom. The lowest BCUT2D eigenvalue weighted by atomic mass is 10.2. The smallest absolute Gasteiger partial charge is 0.217 e. The van der Waals surface area contributed by atoms with E-state index >= 15 is 0 Å². The van der Waals surface area contributed by atoms with Gasteiger partial charge < -0.3 is 0 Å². The second kappa shape index (κ2) is 4.09. The first-order chi connectivity index (χ1) is 6.05. The molecule has 0 amide bonds. The summed E-state index contributed by atoms with van der Waals surface area (Å²) in [5.41, 5.74) is 0.625. The van der Waals surface area contributed by atoms with Crippen molar-refractivity contribution in [1.82, 2.24) is 0 Å². The fourth-order valence-corrected chi connectivity index (χ4v) is 2.45. The maximum atomic E-state index is 11.1. The Kier molecular flexibility index (Phi) is 3.30. The van der Waals surface area contributed by atoms with Gasteiger partial charge >= 0.3 is 0 Å². The van der Waals surface area contributed by atoms with Crippen molar-refractivity contribution in [3.63, 3.8) is 0 Å². The summed E-state index contributed by atoms with van der Waals surface area (Å²) in [5, 5.41) is 4.20. The molecule has 0 saturated carbocycles. The van der Waals surface area contributed by atoms with Crippen LogP contribution >= 0.6 is 11.6 Å². The zero-order valence-corrected chi connectivity index (χ0v) is 8.42. The van der Waals surface area contributed by atoms with Gasteiger partial charge in [0.2, 0.25) is 10.0 Å². The molecule has 5 heteroatoms. The summed E-state index contributed by atoms with van der Waals surface area (Å²) in [6.45, 7) is 0. The quantitative estimate of drug-likeness (QED) is 0.778. The summed E-state index contributed by atoms with van der Waals surface area (Å²) < 4.78 is 22.1. The Morgan fingerprint density at radius 3 is 2.23 bits per heavy atom. The lowest BCUT2D eigenvalue weighted by Gasteiger charge is -2.10. The van der Waals surface area contributed by atoms with Gasteiger partial charge in [0.05, 0.1) is 0 Å². The van der Waals surface area contributed by atoms with Crippen molar-refractivity contribution < 1.29 is 8.42 Å². The molecule has 0 aromatic heterocycles. The molecule has 0 bridgehead atoms. The number of halogens is 1. The van der Waals surface area contributed by atoms with Crippen LogP contribution in [0.2, 0.25) is 0 Å². The molecule has 0 saturated heterocycles. The van der Waals surface area contributed by atoms with Gasteiger partial charge in [-0.2, -0.15) is 0 Å². The number of primary sulfonamides is 1. The van der Waals surface area contributed by atoms with E-state index in [1.54, 1.807) is 30.3 Å². The number of nitrogens with two attached hydrogens (primary N) is 1. The van der Waals surface area contributed by atoms with E-state index in [0.29, 0.717) is 5.56 Å². The molecule has 0 aliphatic rings. The average molecular weight is 220 g/mol. The van der Waals surface area contributed by atoms with Gasteiger partial charge in [-0.25, -0.2) is 13.6 Å². The van der Waals surface area contributed by atoms with Crippen molar-refractivity contribution in [1.29, 1.82) is 0 Å². The Bertz CT molecular complexity index is 363. The maximum Gasteiger partial charge on any atom is 0.217 e. The first-order valence-corrected chi connectivity index (χ1v) is 5.82. The Hall–Kier alpha value is -0.580. The average Bonchev–Trinajstić information content (AvgIpc) is 2.05. The van der Waals surface area contributed by atoms with Crippen molar-refractivity contribution in [2.75, 3.05) is 5.88 Å². The molecule has 72 valence electrons. The summed E-state index contributed by atoms with van der Waals surface area (Å²) in [6, 6.07) is 8.69. The number of hydrogen-bond donors (Lipinski definition) is 1. The van der Waals surface area contributed by atoms with Crippen molar-refractivity contribution in [3.05, 3.63) is 35.9 Å². The number of rotatable bonds is 3. The lowest BCUT2D eigenvalue weighted by Crippen LogP contribution is -2.22. The second-order valence-electron chi connectivity index (χ2n) is 2.64. The summed E-state index contributed by atoms with van der Waals surface area (Å²) in [7, 11) is -3.60. The first-order valence-electron chi connectivity index (χ1n) is 3.68. The molecule has 13 heavy (non-hydrogen) atoms. The van der Waals surface area contributed by atoms with Gasteiger partial charge in [0.1, 0.15) is 5.25 Å². The van der Waals surface area contributed by atoms with Crippen molar-refractivity contribution in [3.8, 4) is 0 Å². The van der Waals surface area contributed by atoms with Gasteiger partial charge in [0, 0.05) is 5.88 Å². The topological polar surface area (TPSA) is 60.2 Å². The Labute approximate surface area is 82.6 Å². The lowest BCUT2D eigenvalue weighted by molar-refractivity contribution is 0.588. The SMILES string of the molecule is NS(=O)(=O)C(CCl)c1ccccc1. The zero-order valence-electron chi connectivity index (χ0n) is 6.85. The van der Waals surface area contributed by atoms with Crippen LogP contribution < -0.4 is 5.14 Å². The number of alkyl halides is 1. The predicted molar refractivity (Wildman–Crippen MR) is 53.0 cm³/mol. The zero-order chi connectivity index (χ0) is 9.90. The largest absolute Gasteiger partial charge is 0.228 e. The highest BCUT2D eigenvalue weighted by molar-refractivity contribution is 7.89. The van der Waals surface area contributed by atoms with E-state index in [2.05, 4.69) is 0 Å². The van der Waals surface area contributed by atoms with Crippen LogP contribution in [-0.2, 0) is 10.0 Å². The highest BCUT2D eigenvalue weighted by Gasteiger charge is 2.21. The molecule has 1 aromatic carbocycles. The van der Waals surface area contributed by atoms with Crippen LogP contribution in [0, 0.1) is 0 Å². The molecule has 1 unspecified atom stereocenters. The summed E-state index contributed by atoms with van der Waals surface area (Å²) in [6.07, 6.45) is 0. The summed E-state index contributed by atoms with van der Waals surface area (Å²) in [4.78, 5) is 0. The number of benzene rings is 1. The molecule has 0 spiro atoms. The van der Waals surface area contributed by atoms with Gasteiger partial charge in [-0.1, -0.05) is 30.3 Å². The van der Waals surface area contributed by atoms with Crippen LogP contribution in [0.5, 0.6) is 0 Å². The molecule has 1 aromatic rings. The summed E-state index contributed by atoms with van der Waals surface area (Å²) in [5.74, 6) is -0.0250. The third-order valence-electron chi connectivity index (χ3n) is 1.71. The second-order valence-corrected chi connectivity index (χ2v) is 4.70. The van der Waals surface area contributed by atoms with Crippen LogP contribution in [0.1, 0.15) is 10.8 Å². The molecule has 0 aliphatic carbocycles. The van der Waals surface area contributed by atoms with E-state index in [-0.39, 0.29) is 5.88 Å². The molecular weight excluding hydrogens is 210 g/mol. The third kappa shape index (κ3) is 2.69. The highest BCUT2D eigenvalue weighted by Crippen LogP contribution is 2.20. The molecular formula is C8H10ClNO2S. The standard InChI is InChI=1S/C8H10ClNO2S/c9-6-8(13(10,11)12)7-4-2-1-3-5-7/h1-5,8H,6H2,(H2,10,11,12). The summed E-state index contributed by atoms with van der Waals surface area (Å²) >= 11 is 5.53. The van der Waals surface area contributed by atoms with E-state index in [1.165, 1.54) is 0 Å². The molecule has 3 nitrogen and oxygen atoms in total. The fraction of sp³-hybridized carbons (Fsp3) is 0.250. The molecule has 2 N–H and O–H groups in total. The van der Waals surface area contributed by atoms with Gasteiger partial charge in [-0.3, -0.25) is 0 Å². The molecule has 0 radical (unpaired) electrons. The molecule has 0 fully saturated rings. The predicted octanol–water partition coefficient (Wildman–Crippen LogP) is 1.26. The number of sulfonamides is 1. The van der Waals surface area contributed by atoms with Crippen molar-refractivity contribution in [2.45, 2.75) is 5.25 Å². The fourth-order valence-electron chi connectivity index (χ4n) is 1.03. The van der Waals surface area contributed by atoms with E-state index in [4.69, 9.17) is 16.7 Å². The third-order valence-corrected chi connectivity index (χ3v) is 3.43. The molecule has 0 aliphatic heterocycles. The minimum absolute atomic E-state index is 0.0250. The van der Waals surface area contributed by atoms with Gasteiger partial charge in [0.25, 0.3) is 0 Å². The van der Waals surface area contributed by atoms with Crippen LogP contribution in [0.4, 0.5) is 0 Å². The molecule has 0 heterocycles. The van der Waals surface area contributed by atoms with E-state index in [0.717, 1.165) is 0 Å². The van der Waals surface area contributed by atoms with E-state index in [9.17, 15) is 8.42 Å².